The van der Waals surface area contributed by atoms with E-state index in [1.165, 1.54) is 68.3 Å². The number of carbonyl (C=O) groups is 4. The van der Waals surface area contributed by atoms with E-state index in [-0.39, 0.29) is 40.7 Å². The summed E-state index contributed by atoms with van der Waals surface area (Å²) in [7, 11) is 0. The number of anilines is 8. The lowest BCUT2D eigenvalue weighted by atomic mass is 10.1. The van der Waals surface area contributed by atoms with Gasteiger partial charge in [0.15, 0.2) is 11.6 Å². The van der Waals surface area contributed by atoms with Gasteiger partial charge in [-0.1, -0.05) is 53.3 Å². The summed E-state index contributed by atoms with van der Waals surface area (Å²) < 4.78 is 62.3. The van der Waals surface area contributed by atoms with E-state index in [0.29, 0.717) is 62.9 Å². The summed E-state index contributed by atoms with van der Waals surface area (Å²) in [5, 5.41) is 10.9. The van der Waals surface area contributed by atoms with Gasteiger partial charge in [0, 0.05) is 47.0 Å². The summed E-state index contributed by atoms with van der Waals surface area (Å²) in [5.74, 6) is 3.77. The van der Waals surface area contributed by atoms with Crippen LogP contribution in [0.3, 0.4) is 0 Å². The van der Waals surface area contributed by atoms with Crippen molar-refractivity contribution in [1.82, 2.24) is 59.8 Å². The highest BCUT2D eigenvalue weighted by atomic mass is 19.4. The van der Waals surface area contributed by atoms with Gasteiger partial charge < -0.3 is 40.5 Å². The largest absolute Gasteiger partial charge is 0.452 e. The number of carbonyl (C=O) groups excluding carboxylic acids is 4. The number of ether oxygens (including phenoxy) is 2. The van der Waals surface area contributed by atoms with Gasteiger partial charge in [-0.25, -0.2) is 39.3 Å². The quantitative estimate of drug-likeness (QED) is 0.0458. The molecule has 0 atom stereocenters. The SMILES string of the molecule is C#Cc1ccc(F)c(C(=O)Nc2cncc(Oc3cncnc3)c2)c1.C#Cc1cccc(C(=O)Nc2cncc(N(CC)c3cncnc3)c2)c1.CCN(c1cncnc1)c1cncc(NC(=O)c2cccc(C)c2)c1.Cc1cccc(C(=O)Nc2cncc(Oc3ccc(C(F)(F)F)nc3)n2)c1. The van der Waals surface area contributed by atoms with Crippen LogP contribution < -0.4 is 40.5 Å². The van der Waals surface area contributed by atoms with Crippen LogP contribution in [0.5, 0.6) is 23.1 Å². The zero-order valence-corrected chi connectivity index (χ0v) is 55.2. The number of amides is 4. The Hall–Kier alpha value is -14.3. The number of nitrogens with zero attached hydrogens (tertiary/aromatic N) is 14. The van der Waals surface area contributed by atoms with E-state index in [9.17, 15) is 36.7 Å². The van der Waals surface area contributed by atoms with E-state index in [4.69, 9.17) is 22.3 Å². The normalized spacial score (nSPS) is 10.3. The topological polar surface area (TPSA) is 296 Å². The molecule has 0 saturated carbocycles. The van der Waals surface area contributed by atoms with Crippen LogP contribution in [0.4, 0.5) is 63.2 Å². The molecule has 0 spiro atoms. The third-order valence-corrected chi connectivity index (χ3v) is 14.0. The number of terminal acetylenes is 2. The van der Waals surface area contributed by atoms with Gasteiger partial charge in [0.05, 0.1) is 138 Å². The molecule has 4 amide bonds. The van der Waals surface area contributed by atoms with Gasteiger partial charge in [-0.2, -0.15) is 18.2 Å². The molecule has 28 heteroatoms. The van der Waals surface area contributed by atoms with Crippen molar-refractivity contribution in [2.45, 2.75) is 33.9 Å². The zero-order valence-electron chi connectivity index (χ0n) is 55.2. The van der Waals surface area contributed by atoms with Crippen molar-refractivity contribution < 1.29 is 46.2 Å². The van der Waals surface area contributed by atoms with Gasteiger partial charge in [0.2, 0.25) is 5.88 Å². The molecule has 514 valence electrons. The number of aromatic nitrogens is 12. The molecular weight excluding hydrogens is 1320 g/mol. The summed E-state index contributed by atoms with van der Waals surface area (Å²) in [6.07, 6.45) is 33.5. The predicted molar refractivity (Wildman–Crippen MR) is 378 cm³/mol. The van der Waals surface area contributed by atoms with Gasteiger partial charge in [-0.3, -0.25) is 39.1 Å². The number of pyridine rings is 4. The minimum atomic E-state index is -4.53. The maximum atomic E-state index is 13.8. The first-order valence-corrected chi connectivity index (χ1v) is 30.9. The molecule has 0 unspecified atom stereocenters. The number of aryl methyl sites for hydroxylation is 2. The molecule has 12 rings (SSSR count). The Morgan fingerprint density at radius 1 is 0.447 bits per heavy atom. The van der Waals surface area contributed by atoms with Crippen molar-refractivity contribution in [1.29, 1.82) is 0 Å². The van der Waals surface area contributed by atoms with Crippen molar-refractivity contribution in [3.05, 3.63) is 289 Å². The predicted octanol–water partition coefficient (Wildman–Crippen LogP) is 14.1. The maximum Gasteiger partial charge on any atom is 0.433 e. The lowest BCUT2D eigenvalue weighted by Crippen LogP contribution is -2.17. The van der Waals surface area contributed by atoms with Gasteiger partial charge in [0.25, 0.3) is 23.6 Å². The maximum absolute atomic E-state index is 13.8. The number of benzene rings is 4. The molecule has 8 heterocycles. The van der Waals surface area contributed by atoms with Gasteiger partial charge >= 0.3 is 6.18 Å². The highest BCUT2D eigenvalue weighted by molar-refractivity contribution is 6.06. The molecule has 8 aromatic heterocycles. The van der Waals surface area contributed by atoms with E-state index in [2.05, 4.69) is 92.9 Å². The van der Waals surface area contributed by atoms with Crippen LogP contribution in [0, 0.1) is 44.4 Å². The average Bonchev–Trinajstić information content (AvgIpc) is 0.860. The molecule has 24 nitrogen and oxygen atoms in total. The first-order valence-electron chi connectivity index (χ1n) is 30.9. The number of hydrogen-bond acceptors (Lipinski definition) is 20. The molecule has 0 aliphatic heterocycles. The third kappa shape index (κ3) is 21.6. The van der Waals surface area contributed by atoms with Crippen molar-refractivity contribution in [3.8, 4) is 47.8 Å². The minimum absolute atomic E-state index is 0.00130. The zero-order chi connectivity index (χ0) is 73.1. The van der Waals surface area contributed by atoms with Crippen LogP contribution in [0.1, 0.15) is 83.2 Å². The molecule has 0 aliphatic carbocycles. The Morgan fingerprint density at radius 2 is 0.913 bits per heavy atom. The molecule has 0 fully saturated rings. The molecule has 4 aromatic carbocycles. The van der Waals surface area contributed by atoms with Gasteiger partial charge in [-0.15, -0.1) is 12.8 Å². The Labute approximate surface area is 587 Å². The Balaban J connectivity index is 0.000000160. The summed E-state index contributed by atoms with van der Waals surface area (Å²) in [4.78, 5) is 101. The second-order valence-corrected chi connectivity index (χ2v) is 21.5. The van der Waals surface area contributed by atoms with Crippen LogP contribution >= 0.6 is 0 Å². The fourth-order valence-electron chi connectivity index (χ4n) is 9.29. The van der Waals surface area contributed by atoms with Crippen molar-refractivity contribution in [2.75, 3.05) is 44.2 Å². The van der Waals surface area contributed by atoms with Crippen LogP contribution in [0.2, 0.25) is 0 Å². The summed E-state index contributed by atoms with van der Waals surface area (Å²) in [5.41, 5.74) is 8.40. The van der Waals surface area contributed by atoms with E-state index in [1.54, 1.807) is 104 Å². The second kappa shape index (κ2) is 35.8. The van der Waals surface area contributed by atoms with Gasteiger partial charge in [0.1, 0.15) is 42.0 Å². The standard InChI is InChI=1S/C20H17N5O.C19H19N5O.C18H13F3N4O2.C18H11FN4O2/c1-3-15-6-5-7-16(8-15)20(26)24-17-9-18(11-21-10-17)25(4-2)19-12-22-14-23-13-19;1-3-24(18-11-21-13-22-12-18)17-8-16(9-20-10-17)23-19(25)15-6-4-5-14(2)7-15;1-11-3-2-4-12(7-11)17(26)25-15-9-22-10-16(24-15)27-13-5-6-14(23-8-13)18(19,20)21;1-2-12-3-4-17(19)16(5-12)18(24)23-13-6-14(8-20-7-13)25-15-9-21-11-22-10-15/h1,5-14H,4H2,2H3,(H,24,26);4-13H,3H2,1-2H3,(H,23,25);2-10H,1H3,(H,24,25,26);1,3-11H,(H,23,24). The van der Waals surface area contributed by atoms with Crippen molar-refractivity contribution in [2.24, 2.45) is 0 Å². The second-order valence-electron chi connectivity index (χ2n) is 21.5. The summed E-state index contributed by atoms with van der Waals surface area (Å²) in [6, 6.07) is 32.5. The third-order valence-electron chi connectivity index (χ3n) is 14.0. The lowest BCUT2D eigenvalue weighted by Gasteiger charge is -2.22. The Morgan fingerprint density at radius 3 is 1.43 bits per heavy atom. The highest BCUT2D eigenvalue weighted by Gasteiger charge is 2.32. The molecule has 4 N–H and O–H groups in total. The van der Waals surface area contributed by atoms with E-state index in [1.807, 2.05) is 73.9 Å². The lowest BCUT2D eigenvalue weighted by molar-refractivity contribution is -0.141. The fourth-order valence-corrected chi connectivity index (χ4v) is 9.29. The number of halogens is 4. The smallest absolute Gasteiger partial charge is 0.433 e. The van der Waals surface area contributed by atoms with Crippen LogP contribution in [0.25, 0.3) is 0 Å². The molecular formula is C75H60F4N18O6. The number of rotatable bonds is 18. The van der Waals surface area contributed by atoms with Crippen molar-refractivity contribution in [3.63, 3.8) is 0 Å². The monoisotopic (exact) mass is 1380 g/mol. The highest BCUT2D eigenvalue weighted by Crippen LogP contribution is 2.31. The first kappa shape index (κ1) is 73.0. The van der Waals surface area contributed by atoms with Crippen LogP contribution in [-0.4, -0.2) is 96.5 Å². The molecule has 103 heavy (non-hydrogen) atoms. The Kier molecular flexibility index (Phi) is 25.4. The fraction of sp³-hybridized carbons (Fsp3) is 0.0933. The molecule has 0 radical (unpaired) electrons. The molecule has 0 aliphatic rings. The Bertz CT molecular complexity index is 4980. The van der Waals surface area contributed by atoms with E-state index >= 15 is 0 Å². The van der Waals surface area contributed by atoms with Gasteiger partial charge in [-0.05, 0) is 113 Å². The van der Waals surface area contributed by atoms with E-state index < -0.39 is 23.6 Å². The summed E-state index contributed by atoms with van der Waals surface area (Å²) >= 11 is 0. The minimum Gasteiger partial charge on any atom is -0.452 e. The first-order chi connectivity index (χ1) is 49.8. The van der Waals surface area contributed by atoms with Crippen LogP contribution in [-0.2, 0) is 6.18 Å². The molecule has 12 aromatic rings. The van der Waals surface area contributed by atoms with Crippen molar-refractivity contribution >= 4 is 69.3 Å². The van der Waals surface area contributed by atoms with E-state index in [0.717, 1.165) is 64.8 Å². The van der Waals surface area contributed by atoms with Crippen LogP contribution in [0.15, 0.2) is 233 Å². The number of nitrogens with one attached hydrogen (secondary N) is 4. The summed E-state index contributed by atoms with van der Waals surface area (Å²) in [6.45, 7) is 9.30. The molecule has 0 saturated heterocycles. The number of alkyl halides is 3. The number of hydrogen-bond donors (Lipinski definition) is 4. The molecule has 0 bridgehead atoms. The average molecular weight is 1390 g/mol.